The van der Waals surface area contributed by atoms with Crippen LogP contribution in [-0.2, 0) is 18.9 Å². The summed E-state index contributed by atoms with van der Waals surface area (Å²) in [6.07, 6.45) is -0.514. The van der Waals surface area contributed by atoms with Gasteiger partial charge in [-0.2, -0.15) is 0 Å². The van der Waals surface area contributed by atoms with Gasteiger partial charge in [-0.15, -0.1) is 0 Å². The summed E-state index contributed by atoms with van der Waals surface area (Å²) in [4.78, 5) is 0. The number of hydrogen-bond acceptors (Lipinski definition) is 4. The van der Waals surface area contributed by atoms with E-state index in [9.17, 15) is 0 Å². The Labute approximate surface area is 79.9 Å². The Morgan fingerprint density at radius 2 is 1.77 bits per heavy atom. The van der Waals surface area contributed by atoms with Gasteiger partial charge in [-0.1, -0.05) is 0 Å². The summed E-state index contributed by atoms with van der Waals surface area (Å²) < 4.78 is 20.8. The zero-order valence-corrected chi connectivity index (χ0v) is 8.23. The summed E-state index contributed by atoms with van der Waals surface area (Å²) in [6, 6.07) is -0.435. The van der Waals surface area contributed by atoms with Crippen molar-refractivity contribution in [2.75, 3.05) is 27.9 Å². The molecule has 0 amide bonds. The molecular formula is C8H15BO4. The highest BCUT2D eigenvalue weighted by Gasteiger charge is 2.42. The molecule has 0 aromatic heterocycles. The van der Waals surface area contributed by atoms with Crippen LogP contribution in [0.25, 0.3) is 0 Å². The van der Waals surface area contributed by atoms with Crippen molar-refractivity contribution in [3.05, 3.63) is 0 Å². The highest BCUT2D eigenvalue weighted by molar-refractivity contribution is 6.11. The molecule has 1 saturated heterocycles. The molecule has 0 aromatic rings. The van der Waals surface area contributed by atoms with E-state index in [0.29, 0.717) is 6.61 Å². The molecule has 0 bridgehead atoms. The summed E-state index contributed by atoms with van der Waals surface area (Å²) in [5.74, 6) is 0. The van der Waals surface area contributed by atoms with Gasteiger partial charge in [0.25, 0.3) is 0 Å². The summed E-state index contributed by atoms with van der Waals surface area (Å²) in [7, 11) is 10.5. The lowest BCUT2D eigenvalue weighted by Crippen LogP contribution is -2.37. The second kappa shape index (κ2) is 4.95. The first-order valence-electron chi connectivity index (χ1n) is 4.20. The van der Waals surface area contributed by atoms with Gasteiger partial charge >= 0.3 is 0 Å². The van der Waals surface area contributed by atoms with Crippen molar-refractivity contribution in [1.29, 1.82) is 0 Å². The molecule has 2 radical (unpaired) electrons. The monoisotopic (exact) mass is 186 g/mol. The number of rotatable bonds is 4. The van der Waals surface area contributed by atoms with E-state index in [1.54, 1.807) is 21.3 Å². The molecule has 4 nitrogen and oxygen atoms in total. The van der Waals surface area contributed by atoms with E-state index in [-0.39, 0.29) is 18.3 Å². The molecule has 74 valence electrons. The predicted molar refractivity (Wildman–Crippen MR) is 47.9 cm³/mol. The van der Waals surface area contributed by atoms with Crippen LogP contribution in [0.3, 0.4) is 0 Å². The molecule has 1 aliphatic rings. The van der Waals surface area contributed by atoms with Gasteiger partial charge in [-0.25, -0.2) is 0 Å². The van der Waals surface area contributed by atoms with E-state index in [1.807, 2.05) is 0 Å². The van der Waals surface area contributed by atoms with Crippen LogP contribution in [0.15, 0.2) is 0 Å². The fourth-order valence-corrected chi connectivity index (χ4v) is 1.61. The molecule has 1 rings (SSSR count). The first-order valence-corrected chi connectivity index (χ1v) is 4.20. The zero-order chi connectivity index (χ0) is 9.84. The Morgan fingerprint density at radius 1 is 1.15 bits per heavy atom. The topological polar surface area (TPSA) is 36.9 Å². The lowest BCUT2D eigenvalue weighted by Gasteiger charge is -2.20. The molecule has 0 spiro atoms. The lowest BCUT2D eigenvalue weighted by molar-refractivity contribution is -0.0463. The van der Waals surface area contributed by atoms with Gasteiger partial charge in [0.15, 0.2) is 0 Å². The van der Waals surface area contributed by atoms with Crippen molar-refractivity contribution in [3.63, 3.8) is 0 Å². The van der Waals surface area contributed by atoms with Crippen LogP contribution in [0.4, 0.5) is 0 Å². The molecule has 0 N–H and O–H groups in total. The Hall–Kier alpha value is -0.0951. The quantitative estimate of drug-likeness (QED) is 0.557. The Kier molecular flexibility index (Phi) is 4.19. The van der Waals surface area contributed by atoms with Crippen LogP contribution in [0.2, 0.25) is 0 Å². The third-order valence-corrected chi connectivity index (χ3v) is 2.22. The fraction of sp³-hybridized carbons (Fsp3) is 1.00. The Balaban J connectivity index is 2.57. The number of ether oxygens (including phenoxy) is 4. The van der Waals surface area contributed by atoms with Crippen molar-refractivity contribution in [1.82, 2.24) is 0 Å². The molecule has 4 atom stereocenters. The number of methoxy groups -OCH3 is 3. The van der Waals surface area contributed by atoms with Crippen molar-refractivity contribution >= 4 is 7.85 Å². The smallest absolute Gasteiger partial charge is 0.113 e. The maximum absolute atomic E-state index is 5.69. The van der Waals surface area contributed by atoms with Gasteiger partial charge in [-0.3, -0.25) is 0 Å². The highest BCUT2D eigenvalue weighted by atomic mass is 16.6. The van der Waals surface area contributed by atoms with Gasteiger partial charge in [0.2, 0.25) is 0 Å². The van der Waals surface area contributed by atoms with E-state index in [0.717, 1.165) is 0 Å². The molecule has 13 heavy (non-hydrogen) atoms. The summed E-state index contributed by atoms with van der Waals surface area (Å²) in [5.41, 5.74) is 0. The third kappa shape index (κ3) is 2.23. The molecule has 0 aromatic carbocycles. The maximum Gasteiger partial charge on any atom is 0.113 e. The molecule has 1 unspecified atom stereocenters. The second-order valence-electron chi connectivity index (χ2n) is 3.00. The summed E-state index contributed by atoms with van der Waals surface area (Å²) in [5, 5.41) is 0. The van der Waals surface area contributed by atoms with Crippen LogP contribution in [0, 0.1) is 0 Å². The average molecular weight is 186 g/mol. The summed E-state index contributed by atoms with van der Waals surface area (Å²) in [6.45, 7) is 0.464. The molecule has 5 heteroatoms. The van der Waals surface area contributed by atoms with E-state index in [2.05, 4.69) is 0 Å². The van der Waals surface area contributed by atoms with Crippen molar-refractivity contribution in [3.8, 4) is 0 Å². The van der Waals surface area contributed by atoms with Crippen molar-refractivity contribution < 1.29 is 18.9 Å². The predicted octanol–water partition coefficient (Wildman–Crippen LogP) is -0.444. The van der Waals surface area contributed by atoms with Gasteiger partial charge in [0.05, 0.1) is 6.61 Å². The lowest BCUT2D eigenvalue weighted by atomic mass is 9.93. The van der Waals surface area contributed by atoms with Crippen LogP contribution < -0.4 is 0 Å². The standard InChI is InChI=1S/C8H15BO4/c1-10-4-5-6(11-2)7(12-3)8(9)13-5/h5-8H,4H2,1-3H3/t5?,6-,7+,8+/m0/s1. The van der Waals surface area contributed by atoms with Gasteiger partial charge in [-0.05, 0) is 0 Å². The Morgan fingerprint density at radius 3 is 2.23 bits per heavy atom. The van der Waals surface area contributed by atoms with Crippen molar-refractivity contribution in [2.24, 2.45) is 0 Å². The molecule has 1 heterocycles. The molecule has 0 aliphatic carbocycles. The van der Waals surface area contributed by atoms with Crippen LogP contribution in [0.1, 0.15) is 0 Å². The molecular weight excluding hydrogens is 171 g/mol. The minimum absolute atomic E-state index is 0.144. The molecule has 1 aliphatic heterocycles. The van der Waals surface area contributed by atoms with Gasteiger partial charge < -0.3 is 18.9 Å². The normalized spacial score (nSPS) is 39.6. The van der Waals surface area contributed by atoms with E-state index in [1.165, 1.54) is 0 Å². The SMILES string of the molecule is [B][C@@H]1OC(COC)[C@H](OC)[C@H]1OC. The van der Waals surface area contributed by atoms with Crippen molar-refractivity contribution in [2.45, 2.75) is 24.3 Å². The average Bonchev–Trinajstić information content (AvgIpc) is 2.41. The van der Waals surface area contributed by atoms with E-state index < -0.39 is 6.00 Å². The second-order valence-corrected chi connectivity index (χ2v) is 3.00. The van der Waals surface area contributed by atoms with Crippen LogP contribution >= 0.6 is 0 Å². The largest absolute Gasteiger partial charge is 0.382 e. The van der Waals surface area contributed by atoms with E-state index in [4.69, 9.17) is 26.8 Å². The number of hydrogen-bond donors (Lipinski definition) is 0. The zero-order valence-electron chi connectivity index (χ0n) is 8.23. The first kappa shape index (κ1) is 11.0. The fourth-order valence-electron chi connectivity index (χ4n) is 1.61. The molecule has 0 saturated carbocycles. The third-order valence-electron chi connectivity index (χ3n) is 2.22. The minimum atomic E-state index is -0.435. The van der Waals surface area contributed by atoms with Crippen LogP contribution in [-0.4, -0.2) is 60.1 Å². The minimum Gasteiger partial charge on any atom is -0.382 e. The highest BCUT2D eigenvalue weighted by Crippen LogP contribution is 2.24. The van der Waals surface area contributed by atoms with Gasteiger partial charge in [0, 0.05) is 27.3 Å². The first-order chi connectivity index (χ1) is 6.24. The van der Waals surface area contributed by atoms with E-state index >= 15 is 0 Å². The Bertz CT molecular complexity index is 155. The van der Waals surface area contributed by atoms with Crippen LogP contribution in [0.5, 0.6) is 0 Å². The summed E-state index contributed by atoms with van der Waals surface area (Å²) >= 11 is 0. The van der Waals surface area contributed by atoms with Gasteiger partial charge in [0.1, 0.15) is 26.2 Å². The maximum atomic E-state index is 5.69. The molecule has 1 fully saturated rings.